The van der Waals surface area contributed by atoms with E-state index in [-0.39, 0.29) is 18.1 Å². The number of carbonyl (C=O) groups is 2. The normalized spacial score (nSPS) is 17.2. The summed E-state index contributed by atoms with van der Waals surface area (Å²) in [6, 6.07) is 6.55. The Balaban J connectivity index is 2.37. The monoisotopic (exact) mass is 374 g/mol. The first-order chi connectivity index (χ1) is 12.7. The maximum atomic E-state index is 12.8. The molecule has 27 heavy (non-hydrogen) atoms. The predicted octanol–water partition coefficient (Wildman–Crippen LogP) is 3.94. The van der Waals surface area contributed by atoms with E-state index in [0.29, 0.717) is 23.8 Å². The number of hydrogen-bond donors (Lipinski definition) is 2. The summed E-state index contributed by atoms with van der Waals surface area (Å²) in [4.78, 5) is 24.9. The van der Waals surface area contributed by atoms with Crippen LogP contribution in [0, 0.1) is 11.8 Å². The van der Waals surface area contributed by atoms with Gasteiger partial charge in [-0.05, 0) is 43.4 Å². The molecule has 1 aliphatic heterocycles. The highest BCUT2D eigenvalue weighted by atomic mass is 16.5. The maximum absolute atomic E-state index is 12.8. The van der Waals surface area contributed by atoms with E-state index in [1.165, 1.54) is 0 Å². The zero-order chi connectivity index (χ0) is 20.1. The first kappa shape index (κ1) is 20.8. The first-order valence-electron chi connectivity index (χ1n) is 9.44. The van der Waals surface area contributed by atoms with Gasteiger partial charge < -0.3 is 20.1 Å². The van der Waals surface area contributed by atoms with Gasteiger partial charge in [0.25, 0.3) is 0 Å². The van der Waals surface area contributed by atoms with Gasteiger partial charge in [-0.15, -0.1) is 0 Å². The van der Waals surface area contributed by atoms with Gasteiger partial charge in [0.2, 0.25) is 0 Å². The lowest BCUT2D eigenvalue weighted by Gasteiger charge is -2.31. The van der Waals surface area contributed by atoms with E-state index >= 15 is 0 Å². The average Bonchev–Trinajstić information content (AvgIpc) is 2.58. The molecular weight excluding hydrogens is 344 g/mol. The quantitative estimate of drug-likeness (QED) is 0.709. The van der Waals surface area contributed by atoms with Gasteiger partial charge in [-0.2, -0.15) is 0 Å². The van der Waals surface area contributed by atoms with E-state index < -0.39 is 12.0 Å². The van der Waals surface area contributed by atoms with Crippen LogP contribution in [0.25, 0.3) is 0 Å². The Morgan fingerprint density at radius 2 is 1.70 bits per heavy atom. The fraction of sp³-hybridized carbons (Fsp3) is 0.524. The van der Waals surface area contributed by atoms with Crippen LogP contribution >= 0.6 is 0 Å². The molecule has 0 aromatic heterocycles. The third-order valence-electron chi connectivity index (χ3n) is 4.04. The number of allylic oxidation sites excluding steroid dienone is 1. The molecule has 0 bridgehead atoms. The number of hydrogen-bond acceptors (Lipinski definition) is 4. The third kappa shape index (κ3) is 5.49. The maximum Gasteiger partial charge on any atom is 0.338 e. The van der Waals surface area contributed by atoms with E-state index in [2.05, 4.69) is 24.5 Å². The minimum Gasteiger partial charge on any atom is -0.493 e. The summed E-state index contributed by atoms with van der Waals surface area (Å²) < 4.78 is 11.1. The lowest BCUT2D eigenvalue weighted by Crippen LogP contribution is -2.47. The third-order valence-corrected chi connectivity index (χ3v) is 4.04. The number of benzene rings is 1. The first-order valence-corrected chi connectivity index (χ1v) is 9.44. The van der Waals surface area contributed by atoms with Crippen molar-refractivity contribution < 1.29 is 19.1 Å². The van der Waals surface area contributed by atoms with Crippen molar-refractivity contribution in [1.82, 2.24) is 10.6 Å². The standard InChI is InChI=1S/C21H30N2O4/c1-12(2)11-26-16-9-7-15(8-10-16)19-17(20(24)27-14(5)6)18(13(3)4)22-21(25)23-19/h7-10,12-14,19H,11H2,1-6H3,(H2,22,23,25). The lowest BCUT2D eigenvalue weighted by molar-refractivity contribution is -0.143. The summed E-state index contributed by atoms with van der Waals surface area (Å²) in [7, 11) is 0. The molecule has 1 heterocycles. The number of ether oxygens (including phenoxy) is 2. The summed E-state index contributed by atoms with van der Waals surface area (Å²) in [6.07, 6.45) is -0.247. The van der Waals surface area contributed by atoms with Crippen LogP contribution in [0.1, 0.15) is 53.1 Å². The van der Waals surface area contributed by atoms with Gasteiger partial charge >= 0.3 is 12.0 Å². The second-order valence-corrected chi connectivity index (χ2v) is 7.74. The Morgan fingerprint density at radius 1 is 1.07 bits per heavy atom. The van der Waals surface area contributed by atoms with E-state index in [0.717, 1.165) is 11.3 Å². The molecule has 2 rings (SSSR count). The molecule has 0 aliphatic carbocycles. The second-order valence-electron chi connectivity index (χ2n) is 7.74. The van der Waals surface area contributed by atoms with Crippen LogP contribution in [0.2, 0.25) is 0 Å². The van der Waals surface area contributed by atoms with Crippen molar-refractivity contribution in [3.8, 4) is 5.75 Å². The molecule has 1 aromatic carbocycles. The minimum atomic E-state index is -0.568. The Kier molecular flexibility index (Phi) is 6.88. The molecule has 2 N–H and O–H groups in total. The zero-order valence-electron chi connectivity index (χ0n) is 17.0. The van der Waals surface area contributed by atoms with Gasteiger partial charge in [0.1, 0.15) is 5.75 Å². The van der Waals surface area contributed by atoms with E-state index in [1.54, 1.807) is 13.8 Å². The highest BCUT2D eigenvalue weighted by Gasteiger charge is 2.35. The van der Waals surface area contributed by atoms with Crippen molar-refractivity contribution in [3.63, 3.8) is 0 Å². The number of esters is 1. The van der Waals surface area contributed by atoms with Gasteiger partial charge in [-0.1, -0.05) is 39.8 Å². The largest absolute Gasteiger partial charge is 0.493 e. The Morgan fingerprint density at radius 3 is 2.22 bits per heavy atom. The van der Waals surface area contributed by atoms with Crippen LogP contribution in [-0.4, -0.2) is 24.7 Å². The molecule has 1 aliphatic rings. The molecular formula is C21H30N2O4. The number of urea groups is 1. The molecule has 6 nitrogen and oxygen atoms in total. The summed E-state index contributed by atoms with van der Waals surface area (Å²) in [5, 5.41) is 5.61. The Labute approximate surface area is 161 Å². The van der Waals surface area contributed by atoms with Crippen molar-refractivity contribution >= 4 is 12.0 Å². The number of nitrogens with one attached hydrogen (secondary N) is 2. The van der Waals surface area contributed by atoms with E-state index in [4.69, 9.17) is 9.47 Å². The van der Waals surface area contributed by atoms with Crippen LogP contribution in [0.5, 0.6) is 5.75 Å². The fourth-order valence-corrected chi connectivity index (χ4v) is 2.81. The van der Waals surface area contributed by atoms with Crippen LogP contribution in [0.3, 0.4) is 0 Å². The van der Waals surface area contributed by atoms with E-state index in [1.807, 2.05) is 38.1 Å². The van der Waals surface area contributed by atoms with Crippen molar-refractivity contribution in [1.29, 1.82) is 0 Å². The molecule has 1 aromatic rings. The topological polar surface area (TPSA) is 76.7 Å². The van der Waals surface area contributed by atoms with Gasteiger partial charge in [-0.25, -0.2) is 9.59 Å². The smallest absolute Gasteiger partial charge is 0.338 e. The highest BCUT2D eigenvalue weighted by Crippen LogP contribution is 2.31. The van der Waals surface area contributed by atoms with Crippen molar-refractivity contribution in [2.75, 3.05) is 6.61 Å². The van der Waals surface area contributed by atoms with Gasteiger partial charge in [0.15, 0.2) is 0 Å². The molecule has 0 spiro atoms. The molecule has 0 saturated heterocycles. The molecule has 0 fully saturated rings. The predicted molar refractivity (Wildman–Crippen MR) is 104 cm³/mol. The SMILES string of the molecule is CC(C)COc1ccc(C2NC(=O)NC(C(C)C)=C2C(=O)OC(C)C)cc1. The van der Waals surface area contributed by atoms with Gasteiger partial charge in [0.05, 0.1) is 24.3 Å². The Hall–Kier alpha value is -2.50. The van der Waals surface area contributed by atoms with Crippen molar-refractivity contribution in [2.45, 2.75) is 53.7 Å². The summed E-state index contributed by atoms with van der Waals surface area (Å²) in [5.74, 6) is 0.739. The number of carbonyl (C=O) groups excluding carboxylic acids is 2. The zero-order valence-corrected chi connectivity index (χ0v) is 17.0. The van der Waals surface area contributed by atoms with Crippen LogP contribution in [0.15, 0.2) is 35.5 Å². The second kappa shape index (κ2) is 8.93. The average molecular weight is 374 g/mol. The Bertz CT molecular complexity index is 705. The highest BCUT2D eigenvalue weighted by molar-refractivity contribution is 5.95. The van der Waals surface area contributed by atoms with Crippen LogP contribution in [0.4, 0.5) is 4.79 Å². The van der Waals surface area contributed by atoms with Gasteiger partial charge in [0, 0.05) is 5.70 Å². The van der Waals surface area contributed by atoms with E-state index in [9.17, 15) is 9.59 Å². The molecule has 148 valence electrons. The molecule has 6 heteroatoms. The van der Waals surface area contributed by atoms with Crippen molar-refractivity contribution in [3.05, 3.63) is 41.1 Å². The fourth-order valence-electron chi connectivity index (χ4n) is 2.81. The summed E-state index contributed by atoms with van der Waals surface area (Å²) in [5.41, 5.74) is 1.83. The summed E-state index contributed by atoms with van der Waals surface area (Å²) >= 11 is 0. The minimum absolute atomic E-state index is 0.0260. The molecule has 1 unspecified atom stereocenters. The molecule has 1 atom stereocenters. The molecule has 2 amide bonds. The summed E-state index contributed by atoms with van der Waals surface area (Å²) in [6.45, 7) is 12.3. The van der Waals surface area contributed by atoms with Crippen LogP contribution in [-0.2, 0) is 9.53 Å². The van der Waals surface area contributed by atoms with Crippen molar-refractivity contribution in [2.24, 2.45) is 11.8 Å². The number of amides is 2. The van der Waals surface area contributed by atoms with Crippen LogP contribution < -0.4 is 15.4 Å². The molecule has 0 saturated carbocycles. The number of rotatable bonds is 7. The van der Waals surface area contributed by atoms with Gasteiger partial charge in [-0.3, -0.25) is 0 Å². The lowest BCUT2D eigenvalue weighted by atomic mass is 9.91. The molecule has 0 radical (unpaired) electrons.